The first-order chi connectivity index (χ1) is 9.47. The number of nitriles is 1. The van der Waals surface area contributed by atoms with Crippen molar-refractivity contribution in [1.29, 1.82) is 5.26 Å². The lowest BCUT2D eigenvalue weighted by molar-refractivity contribution is 0.415. The molecule has 0 fully saturated rings. The summed E-state index contributed by atoms with van der Waals surface area (Å²) in [5, 5.41) is 13.4. The van der Waals surface area contributed by atoms with Crippen LogP contribution in [0.25, 0.3) is 11.3 Å². The van der Waals surface area contributed by atoms with E-state index in [0.29, 0.717) is 11.4 Å². The number of rotatable bonds is 2. The lowest BCUT2D eigenvalue weighted by Gasteiger charge is -2.14. The minimum absolute atomic E-state index is 0.248. The van der Waals surface area contributed by atoms with Crippen LogP contribution in [0.4, 0.5) is 0 Å². The van der Waals surface area contributed by atoms with Gasteiger partial charge in [-0.1, -0.05) is 6.07 Å². The predicted molar refractivity (Wildman–Crippen MR) is 75.7 cm³/mol. The molecule has 102 valence electrons. The summed E-state index contributed by atoms with van der Waals surface area (Å²) in [6.07, 6.45) is 0. The molecule has 1 heterocycles. The van der Waals surface area contributed by atoms with Crippen LogP contribution >= 0.6 is 0 Å². The molecule has 0 spiro atoms. The van der Waals surface area contributed by atoms with Gasteiger partial charge in [0.05, 0.1) is 12.7 Å². The first kappa shape index (κ1) is 13.8. The third-order valence-corrected chi connectivity index (χ3v) is 3.11. The smallest absolute Gasteiger partial charge is 0.267 e. The van der Waals surface area contributed by atoms with Gasteiger partial charge in [-0.3, -0.25) is 4.79 Å². The highest BCUT2D eigenvalue weighted by Gasteiger charge is 2.17. The van der Waals surface area contributed by atoms with E-state index >= 15 is 0 Å². The maximum atomic E-state index is 11.6. The molecule has 20 heavy (non-hydrogen) atoms. The van der Waals surface area contributed by atoms with E-state index in [9.17, 15) is 10.1 Å². The summed E-state index contributed by atoms with van der Waals surface area (Å²) < 4.78 is 6.61. The van der Waals surface area contributed by atoms with Gasteiger partial charge in [-0.15, -0.1) is 0 Å². The Hall–Kier alpha value is -2.61. The van der Waals surface area contributed by atoms with Gasteiger partial charge in [0.2, 0.25) is 0 Å². The van der Waals surface area contributed by atoms with Crippen molar-refractivity contribution < 1.29 is 4.74 Å². The first-order valence-electron chi connectivity index (χ1n) is 6.12. The Kier molecular flexibility index (Phi) is 3.57. The molecule has 0 amide bonds. The molecule has 0 atom stereocenters. The van der Waals surface area contributed by atoms with Crippen LogP contribution in [0.15, 0.2) is 23.0 Å². The molecule has 0 radical (unpaired) electrons. The maximum Gasteiger partial charge on any atom is 0.267 e. The molecule has 0 unspecified atom stereocenters. The normalized spacial score (nSPS) is 10.2. The summed E-state index contributed by atoms with van der Waals surface area (Å²) in [5.74, 6) is 0.644. The number of benzene rings is 1. The van der Waals surface area contributed by atoms with Crippen molar-refractivity contribution in [2.75, 3.05) is 7.11 Å². The largest absolute Gasteiger partial charge is 0.496 e. The van der Waals surface area contributed by atoms with E-state index in [0.717, 1.165) is 16.7 Å². The average molecular weight is 269 g/mol. The number of ether oxygens (including phenoxy) is 1. The lowest BCUT2D eigenvalue weighted by Crippen LogP contribution is -2.20. The van der Waals surface area contributed by atoms with Gasteiger partial charge in [-0.25, -0.2) is 4.68 Å². The van der Waals surface area contributed by atoms with Crippen LogP contribution in [-0.4, -0.2) is 16.9 Å². The Morgan fingerprint density at radius 3 is 2.60 bits per heavy atom. The number of aryl methyl sites for hydroxylation is 3. The molecule has 0 N–H and O–H groups in total. The molecule has 0 aliphatic rings. The predicted octanol–water partition coefficient (Wildman–Crippen LogP) is 1.94. The Labute approximate surface area is 117 Å². The summed E-state index contributed by atoms with van der Waals surface area (Å²) >= 11 is 0. The van der Waals surface area contributed by atoms with Crippen molar-refractivity contribution in [3.63, 3.8) is 0 Å². The van der Waals surface area contributed by atoms with Gasteiger partial charge < -0.3 is 4.74 Å². The molecule has 2 aromatic rings. The Bertz CT molecular complexity index is 770. The molecule has 0 saturated heterocycles. The van der Waals surface area contributed by atoms with Crippen LogP contribution in [-0.2, 0) is 7.05 Å². The van der Waals surface area contributed by atoms with E-state index in [1.54, 1.807) is 14.2 Å². The van der Waals surface area contributed by atoms with Crippen molar-refractivity contribution in [1.82, 2.24) is 9.78 Å². The van der Waals surface area contributed by atoms with E-state index < -0.39 is 0 Å². The number of hydrogen-bond acceptors (Lipinski definition) is 4. The van der Waals surface area contributed by atoms with Gasteiger partial charge in [0.25, 0.3) is 5.56 Å². The third-order valence-electron chi connectivity index (χ3n) is 3.11. The summed E-state index contributed by atoms with van der Waals surface area (Å²) in [4.78, 5) is 11.6. The monoisotopic (exact) mass is 269 g/mol. The SMILES string of the molecule is COc1cc(C)cc(C)c1-c1nn(C)c(=O)cc1C#N. The Morgan fingerprint density at radius 1 is 1.30 bits per heavy atom. The molecule has 0 aliphatic heterocycles. The summed E-state index contributed by atoms with van der Waals surface area (Å²) in [6.45, 7) is 3.90. The Balaban J connectivity index is 2.85. The minimum atomic E-state index is -0.311. The van der Waals surface area contributed by atoms with Crippen LogP contribution in [0.2, 0.25) is 0 Å². The highest BCUT2D eigenvalue weighted by molar-refractivity contribution is 5.75. The minimum Gasteiger partial charge on any atom is -0.496 e. The van der Waals surface area contributed by atoms with Crippen LogP contribution in [0.3, 0.4) is 0 Å². The van der Waals surface area contributed by atoms with E-state index in [-0.39, 0.29) is 11.1 Å². The van der Waals surface area contributed by atoms with Crippen LogP contribution in [0.5, 0.6) is 5.75 Å². The summed E-state index contributed by atoms with van der Waals surface area (Å²) in [6, 6.07) is 7.19. The van der Waals surface area contributed by atoms with Gasteiger partial charge in [0.15, 0.2) is 0 Å². The van der Waals surface area contributed by atoms with E-state index in [4.69, 9.17) is 4.74 Å². The average Bonchev–Trinajstić information content (AvgIpc) is 2.40. The fraction of sp³-hybridized carbons (Fsp3) is 0.267. The van der Waals surface area contributed by atoms with Crippen LogP contribution in [0.1, 0.15) is 16.7 Å². The summed E-state index contributed by atoms with van der Waals surface area (Å²) in [7, 11) is 3.13. The van der Waals surface area contributed by atoms with Gasteiger partial charge in [-0.05, 0) is 31.0 Å². The number of nitrogens with zero attached hydrogens (tertiary/aromatic N) is 3. The van der Waals surface area contributed by atoms with E-state index in [2.05, 4.69) is 5.10 Å². The van der Waals surface area contributed by atoms with Crippen molar-refractivity contribution in [3.05, 3.63) is 45.2 Å². The third kappa shape index (κ3) is 2.28. The maximum absolute atomic E-state index is 11.6. The highest BCUT2D eigenvalue weighted by Crippen LogP contribution is 2.34. The quantitative estimate of drug-likeness (QED) is 0.835. The zero-order valence-electron chi connectivity index (χ0n) is 11.9. The van der Waals surface area contributed by atoms with Crippen molar-refractivity contribution in [2.45, 2.75) is 13.8 Å². The molecule has 0 bridgehead atoms. The number of hydrogen-bond donors (Lipinski definition) is 0. The molecular weight excluding hydrogens is 254 g/mol. The lowest BCUT2D eigenvalue weighted by atomic mass is 9.99. The van der Waals surface area contributed by atoms with Gasteiger partial charge in [0, 0.05) is 18.7 Å². The zero-order chi connectivity index (χ0) is 14.9. The van der Waals surface area contributed by atoms with Crippen LogP contribution < -0.4 is 10.3 Å². The molecule has 2 rings (SSSR count). The molecular formula is C15H15N3O2. The number of methoxy groups -OCH3 is 1. The molecule has 0 saturated carbocycles. The van der Waals surface area contributed by atoms with Crippen molar-refractivity contribution in [3.8, 4) is 23.1 Å². The highest BCUT2D eigenvalue weighted by atomic mass is 16.5. The number of aromatic nitrogens is 2. The van der Waals surface area contributed by atoms with Crippen molar-refractivity contribution >= 4 is 0 Å². The molecule has 0 aliphatic carbocycles. The standard InChI is InChI=1S/C15H15N3O2/c1-9-5-10(2)14(12(6-9)20-4)15-11(8-16)7-13(19)18(3)17-15/h5-7H,1-4H3. The molecule has 5 heteroatoms. The Morgan fingerprint density at radius 2 is 2.00 bits per heavy atom. The zero-order valence-corrected chi connectivity index (χ0v) is 11.9. The van der Waals surface area contributed by atoms with Crippen LogP contribution in [0, 0.1) is 25.2 Å². The van der Waals surface area contributed by atoms with E-state index in [1.807, 2.05) is 32.0 Å². The first-order valence-corrected chi connectivity index (χ1v) is 6.12. The second-order valence-electron chi connectivity index (χ2n) is 4.64. The van der Waals surface area contributed by atoms with Gasteiger partial charge >= 0.3 is 0 Å². The van der Waals surface area contributed by atoms with Gasteiger partial charge in [0.1, 0.15) is 17.5 Å². The molecule has 5 nitrogen and oxygen atoms in total. The molecule has 1 aromatic carbocycles. The second-order valence-corrected chi connectivity index (χ2v) is 4.64. The van der Waals surface area contributed by atoms with E-state index in [1.165, 1.54) is 10.7 Å². The summed E-state index contributed by atoms with van der Waals surface area (Å²) in [5.41, 5.74) is 3.15. The molecule has 1 aromatic heterocycles. The topological polar surface area (TPSA) is 67.9 Å². The van der Waals surface area contributed by atoms with Crippen molar-refractivity contribution in [2.24, 2.45) is 7.05 Å². The van der Waals surface area contributed by atoms with Gasteiger partial charge in [-0.2, -0.15) is 10.4 Å². The second kappa shape index (κ2) is 5.17. The fourth-order valence-electron chi connectivity index (χ4n) is 2.20. The fourth-order valence-corrected chi connectivity index (χ4v) is 2.20.